The Kier molecular flexibility index (Phi) is 3.10. The van der Waals surface area contributed by atoms with Crippen LogP contribution in [0.1, 0.15) is 5.56 Å². The molecule has 2 aromatic rings. The average Bonchev–Trinajstić information content (AvgIpc) is 2.30. The third kappa shape index (κ3) is 2.64. The van der Waals surface area contributed by atoms with Crippen molar-refractivity contribution in [2.45, 2.75) is 6.42 Å². The Hall–Kier alpha value is -2.29. The van der Waals surface area contributed by atoms with Gasteiger partial charge in [-0.05, 0) is 17.2 Å². The zero-order valence-corrected chi connectivity index (χ0v) is 9.26. The van der Waals surface area contributed by atoms with Gasteiger partial charge in [0.25, 0.3) is 0 Å². The molecule has 0 bridgehead atoms. The average molecular weight is 227 g/mol. The fourth-order valence-electron chi connectivity index (χ4n) is 1.74. The van der Waals surface area contributed by atoms with Gasteiger partial charge in [-0.1, -0.05) is 42.5 Å². The largest absolute Gasteiger partial charge is 0.481 e. The van der Waals surface area contributed by atoms with E-state index in [0.29, 0.717) is 0 Å². The van der Waals surface area contributed by atoms with E-state index < -0.39 is 5.97 Å². The van der Waals surface area contributed by atoms with Gasteiger partial charge in [-0.15, -0.1) is 0 Å². The molecule has 17 heavy (non-hydrogen) atoms. The zero-order chi connectivity index (χ0) is 12.3. The van der Waals surface area contributed by atoms with Crippen LogP contribution in [0.5, 0.6) is 0 Å². The number of aliphatic carboxylic acids is 1. The van der Waals surface area contributed by atoms with Gasteiger partial charge < -0.3 is 10.8 Å². The Morgan fingerprint density at radius 2 is 1.71 bits per heavy atom. The maximum Gasteiger partial charge on any atom is 0.307 e. The summed E-state index contributed by atoms with van der Waals surface area (Å²) in [6.45, 7) is 0. The number of hydrogen-bond donors (Lipinski definition) is 2. The molecule has 2 rings (SSSR count). The molecule has 0 aliphatic heterocycles. The van der Waals surface area contributed by atoms with Crippen molar-refractivity contribution in [1.29, 1.82) is 0 Å². The Balaban J connectivity index is 2.30. The molecule has 2 aromatic carbocycles. The number of para-hydroxylation sites is 1. The highest BCUT2D eigenvalue weighted by Gasteiger charge is 2.03. The second-order valence-electron chi connectivity index (χ2n) is 3.85. The van der Waals surface area contributed by atoms with E-state index in [1.165, 1.54) is 0 Å². The lowest BCUT2D eigenvalue weighted by atomic mass is 10.0. The summed E-state index contributed by atoms with van der Waals surface area (Å²) >= 11 is 0. The number of nitrogens with two attached hydrogens (primary N) is 1. The van der Waals surface area contributed by atoms with Gasteiger partial charge in [0.15, 0.2) is 0 Å². The summed E-state index contributed by atoms with van der Waals surface area (Å²) in [6.07, 6.45) is 0.0462. The Bertz CT molecular complexity index is 532. The third-order valence-corrected chi connectivity index (χ3v) is 2.58. The quantitative estimate of drug-likeness (QED) is 0.792. The van der Waals surface area contributed by atoms with Crippen molar-refractivity contribution >= 4 is 11.7 Å². The zero-order valence-electron chi connectivity index (χ0n) is 9.26. The topological polar surface area (TPSA) is 63.3 Å². The molecule has 0 unspecified atom stereocenters. The summed E-state index contributed by atoms with van der Waals surface area (Å²) in [7, 11) is 0. The van der Waals surface area contributed by atoms with Crippen LogP contribution in [0.15, 0.2) is 48.5 Å². The first-order chi connectivity index (χ1) is 8.16. The van der Waals surface area contributed by atoms with E-state index in [-0.39, 0.29) is 6.42 Å². The van der Waals surface area contributed by atoms with Crippen LogP contribution in [0.4, 0.5) is 5.69 Å². The molecule has 3 heteroatoms. The van der Waals surface area contributed by atoms with Crippen molar-refractivity contribution in [2.24, 2.45) is 0 Å². The van der Waals surface area contributed by atoms with Crippen molar-refractivity contribution in [1.82, 2.24) is 0 Å². The van der Waals surface area contributed by atoms with Crippen LogP contribution in [0, 0.1) is 0 Å². The Labute approximate surface area is 99.5 Å². The van der Waals surface area contributed by atoms with E-state index in [0.717, 1.165) is 22.4 Å². The lowest BCUT2D eigenvalue weighted by Crippen LogP contribution is -1.99. The number of rotatable bonds is 3. The van der Waals surface area contributed by atoms with Crippen molar-refractivity contribution < 1.29 is 9.90 Å². The minimum absolute atomic E-state index is 0.0462. The SMILES string of the molecule is Nc1ccccc1-c1ccc(CC(=O)O)cc1. The van der Waals surface area contributed by atoms with E-state index >= 15 is 0 Å². The van der Waals surface area contributed by atoms with E-state index in [1.54, 1.807) is 0 Å². The van der Waals surface area contributed by atoms with Crippen LogP contribution >= 0.6 is 0 Å². The second-order valence-corrected chi connectivity index (χ2v) is 3.85. The first-order valence-electron chi connectivity index (χ1n) is 5.32. The molecule has 0 aliphatic rings. The van der Waals surface area contributed by atoms with E-state index in [1.807, 2.05) is 48.5 Å². The van der Waals surface area contributed by atoms with Gasteiger partial charge in [0.05, 0.1) is 6.42 Å². The lowest BCUT2D eigenvalue weighted by molar-refractivity contribution is -0.136. The molecule has 0 atom stereocenters. The minimum atomic E-state index is -0.822. The van der Waals surface area contributed by atoms with Gasteiger partial charge in [0, 0.05) is 11.3 Å². The molecule has 0 aliphatic carbocycles. The van der Waals surface area contributed by atoms with Crippen LogP contribution < -0.4 is 5.73 Å². The van der Waals surface area contributed by atoms with Gasteiger partial charge in [-0.2, -0.15) is 0 Å². The summed E-state index contributed by atoms with van der Waals surface area (Å²) in [6, 6.07) is 15.0. The van der Waals surface area contributed by atoms with Crippen LogP contribution in [0.3, 0.4) is 0 Å². The summed E-state index contributed by atoms with van der Waals surface area (Å²) < 4.78 is 0. The first-order valence-corrected chi connectivity index (χ1v) is 5.32. The normalized spacial score (nSPS) is 10.1. The molecular weight excluding hydrogens is 214 g/mol. The highest BCUT2D eigenvalue weighted by molar-refractivity contribution is 5.77. The number of carboxylic acid groups (broad SMARTS) is 1. The van der Waals surface area contributed by atoms with Crippen LogP contribution in [-0.2, 0) is 11.2 Å². The fourth-order valence-corrected chi connectivity index (χ4v) is 1.74. The fraction of sp³-hybridized carbons (Fsp3) is 0.0714. The number of benzene rings is 2. The third-order valence-electron chi connectivity index (χ3n) is 2.58. The summed E-state index contributed by atoms with van der Waals surface area (Å²) in [5, 5.41) is 8.68. The standard InChI is InChI=1S/C14H13NO2/c15-13-4-2-1-3-12(13)11-7-5-10(6-8-11)9-14(16)17/h1-8H,9,15H2,(H,16,17). The molecule has 3 nitrogen and oxygen atoms in total. The van der Waals surface area contributed by atoms with Crippen molar-refractivity contribution in [3.8, 4) is 11.1 Å². The predicted molar refractivity (Wildman–Crippen MR) is 67.6 cm³/mol. The van der Waals surface area contributed by atoms with Gasteiger partial charge in [0.2, 0.25) is 0 Å². The number of hydrogen-bond acceptors (Lipinski definition) is 2. The summed E-state index contributed by atoms with van der Waals surface area (Å²) in [4.78, 5) is 10.6. The van der Waals surface area contributed by atoms with Crippen LogP contribution in [-0.4, -0.2) is 11.1 Å². The lowest BCUT2D eigenvalue weighted by Gasteiger charge is -2.06. The van der Waals surface area contributed by atoms with Gasteiger partial charge in [-0.3, -0.25) is 4.79 Å². The Morgan fingerprint density at radius 1 is 1.06 bits per heavy atom. The highest BCUT2D eigenvalue weighted by Crippen LogP contribution is 2.25. The number of nitrogen functional groups attached to an aromatic ring is 1. The van der Waals surface area contributed by atoms with Crippen molar-refractivity contribution in [2.75, 3.05) is 5.73 Å². The van der Waals surface area contributed by atoms with Crippen molar-refractivity contribution in [3.63, 3.8) is 0 Å². The molecule has 0 saturated carbocycles. The first kappa shape index (κ1) is 11.2. The monoisotopic (exact) mass is 227 g/mol. The van der Waals surface area contributed by atoms with E-state index in [4.69, 9.17) is 10.8 Å². The molecular formula is C14H13NO2. The van der Waals surface area contributed by atoms with E-state index in [9.17, 15) is 4.79 Å². The van der Waals surface area contributed by atoms with Crippen LogP contribution in [0.25, 0.3) is 11.1 Å². The molecule has 86 valence electrons. The molecule has 3 N–H and O–H groups in total. The van der Waals surface area contributed by atoms with Crippen molar-refractivity contribution in [3.05, 3.63) is 54.1 Å². The number of anilines is 1. The summed E-state index contributed by atoms with van der Waals surface area (Å²) in [5.74, 6) is -0.822. The summed E-state index contributed by atoms with van der Waals surface area (Å²) in [5.41, 5.74) is 9.35. The van der Waals surface area contributed by atoms with Gasteiger partial charge in [-0.25, -0.2) is 0 Å². The molecule has 0 heterocycles. The Morgan fingerprint density at radius 3 is 2.29 bits per heavy atom. The highest BCUT2D eigenvalue weighted by atomic mass is 16.4. The smallest absolute Gasteiger partial charge is 0.307 e. The number of carboxylic acids is 1. The van der Waals surface area contributed by atoms with Gasteiger partial charge >= 0.3 is 5.97 Å². The molecule has 0 amide bonds. The molecule has 0 aromatic heterocycles. The predicted octanol–water partition coefficient (Wildman–Crippen LogP) is 2.56. The maximum atomic E-state index is 10.6. The van der Waals surface area contributed by atoms with Gasteiger partial charge in [0.1, 0.15) is 0 Å². The molecule has 0 spiro atoms. The molecule has 0 radical (unpaired) electrons. The van der Waals surface area contributed by atoms with E-state index in [2.05, 4.69) is 0 Å². The van der Waals surface area contributed by atoms with Crippen LogP contribution in [0.2, 0.25) is 0 Å². The second kappa shape index (κ2) is 4.70. The maximum absolute atomic E-state index is 10.6. The number of carbonyl (C=O) groups is 1. The molecule has 0 saturated heterocycles. The molecule has 0 fully saturated rings. The minimum Gasteiger partial charge on any atom is -0.481 e.